The van der Waals surface area contributed by atoms with Crippen LogP contribution in [0.3, 0.4) is 0 Å². The van der Waals surface area contributed by atoms with Crippen molar-refractivity contribution in [2.24, 2.45) is 0 Å². The van der Waals surface area contributed by atoms with E-state index in [4.69, 9.17) is 28.4 Å². The van der Waals surface area contributed by atoms with Crippen molar-refractivity contribution in [3.8, 4) is 0 Å². The summed E-state index contributed by atoms with van der Waals surface area (Å²) in [5, 5.41) is 72.0. The first kappa shape index (κ1) is 58.4. The predicted octanol–water partition coefficient (Wildman–Crippen LogP) is 6.60. The van der Waals surface area contributed by atoms with Gasteiger partial charge in [0.05, 0.1) is 19.8 Å². The Morgan fingerprint density at radius 2 is 0.891 bits per heavy atom. The fourth-order valence-electron chi connectivity index (χ4n) is 8.04. The van der Waals surface area contributed by atoms with E-state index >= 15 is 0 Å². The molecule has 4 unspecified atom stereocenters. The lowest BCUT2D eigenvalue weighted by Crippen LogP contribution is -2.61. The summed E-state index contributed by atoms with van der Waals surface area (Å²) in [6.45, 7) is 2.57. The van der Waals surface area contributed by atoms with Crippen molar-refractivity contribution >= 4 is 11.9 Å². The van der Waals surface area contributed by atoms with Gasteiger partial charge >= 0.3 is 11.9 Å². The van der Waals surface area contributed by atoms with Crippen LogP contribution in [-0.2, 0) is 38.0 Å². The highest BCUT2D eigenvalue weighted by Gasteiger charge is 2.47. The van der Waals surface area contributed by atoms with Gasteiger partial charge in [-0.05, 0) is 38.5 Å². The van der Waals surface area contributed by atoms with E-state index in [1.165, 1.54) is 96.3 Å². The van der Waals surface area contributed by atoms with Gasteiger partial charge in [0.15, 0.2) is 18.7 Å². The van der Waals surface area contributed by atoms with Crippen LogP contribution >= 0.6 is 0 Å². The van der Waals surface area contributed by atoms with Gasteiger partial charge in [0, 0.05) is 12.8 Å². The zero-order valence-electron chi connectivity index (χ0n) is 39.5. The Balaban J connectivity index is 1.81. The molecule has 7 N–H and O–H groups in total. The Bertz CT molecular complexity index is 1170. The van der Waals surface area contributed by atoms with Crippen molar-refractivity contribution in [3.05, 3.63) is 12.2 Å². The number of aliphatic hydroxyl groups is 7. The summed E-state index contributed by atoms with van der Waals surface area (Å²) in [5.41, 5.74) is 0. The highest BCUT2D eigenvalue weighted by atomic mass is 16.7. The second-order valence-corrected chi connectivity index (χ2v) is 18.0. The summed E-state index contributed by atoms with van der Waals surface area (Å²) in [7, 11) is 0. The number of hydrogen-bond acceptors (Lipinski definition) is 15. The van der Waals surface area contributed by atoms with E-state index in [1.54, 1.807) is 0 Å². The van der Waals surface area contributed by atoms with Crippen molar-refractivity contribution < 1.29 is 73.8 Å². The van der Waals surface area contributed by atoms with E-state index in [9.17, 15) is 45.3 Å². The van der Waals surface area contributed by atoms with E-state index in [-0.39, 0.29) is 26.1 Å². The van der Waals surface area contributed by atoms with Crippen molar-refractivity contribution in [2.75, 3.05) is 26.4 Å². The molecule has 2 heterocycles. The molecule has 0 radical (unpaired) electrons. The second kappa shape index (κ2) is 37.2. The van der Waals surface area contributed by atoms with Crippen LogP contribution in [-0.4, -0.2) is 142 Å². The smallest absolute Gasteiger partial charge is 0.306 e. The minimum absolute atomic E-state index is 0.159. The lowest BCUT2D eigenvalue weighted by atomic mass is 9.98. The molecule has 0 aromatic rings. The van der Waals surface area contributed by atoms with Gasteiger partial charge in [-0.25, -0.2) is 0 Å². The molecule has 2 saturated heterocycles. The second-order valence-electron chi connectivity index (χ2n) is 18.0. The maximum atomic E-state index is 13.0. The molecule has 0 saturated carbocycles. The van der Waals surface area contributed by atoms with Crippen LogP contribution in [0, 0.1) is 0 Å². The van der Waals surface area contributed by atoms with Gasteiger partial charge < -0.3 is 64.2 Å². The van der Waals surface area contributed by atoms with Gasteiger partial charge in [0.1, 0.15) is 55.4 Å². The van der Waals surface area contributed by atoms with Crippen molar-refractivity contribution in [1.29, 1.82) is 0 Å². The van der Waals surface area contributed by atoms with E-state index in [2.05, 4.69) is 26.0 Å². The van der Waals surface area contributed by atoms with Crippen molar-refractivity contribution in [1.82, 2.24) is 0 Å². The number of rotatable bonds is 39. The van der Waals surface area contributed by atoms with Crippen LogP contribution in [0.1, 0.15) is 194 Å². The molecule has 2 aliphatic heterocycles. The number of carbonyl (C=O) groups is 2. The Morgan fingerprint density at radius 3 is 1.41 bits per heavy atom. The van der Waals surface area contributed by atoms with Gasteiger partial charge in [-0.15, -0.1) is 0 Å². The fourth-order valence-corrected chi connectivity index (χ4v) is 8.04. The van der Waals surface area contributed by atoms with Gasteiger partial charge in [0.25, 0.3) is 0 Å². The lowest BCUT2D eigenvalue weighted by Gasteiger charge is -2.42. The summed E-state index contributed by atoms with van der Waals surface area (Å²) in [5.74, 6) is -0.927. The zero-order valence-corrected chi connectivity index (χ0v) is 39.5. The third kappa shape index (κ3) is 25.4. The summed E-state index contributed by atoms with van der Waals surface area (Å²) < 4.78 is 33.5. The van der Waals surface area contributed by atoms with E-state index in [0.29, 0.717) is 12.8 Å². The van der Waals surface area contributed by atoms with Gasteiger partial charge in [-0.3, -0.25) is 9.59 Å². The molecule has 15 nitrogen and oxygen atoms in total. The Labute approximate surface area is 384 Å². The van der Waals surface area contributed by atoms with Crippen molar-refractivity contribution in [2.45, 2.75) is 261 Å². The average molecular weight is 919 g/mol. The first-order valence-electron chi connectivity index (χ1n) is 25.3. The highest BCUT2D eigenvalue weighted by Crippen LogP contribution is 2.26. The molecule has 2 fully saturated rings. The molecule has 0 bridgehead atoms. The number of unbranched alkanes of at least 4 members (excludes halogenated alkanes) is 23. The molecular weight excluding hydrogens is 829 g/mol. The maximum absolute atomic E-state index is 13.0. The molecular formula is C49H90O15. The molecule has 0 aromatic carbocycles. The molecule has 2 rings (SSSR count). The Hall–Kier alpha value is -1.76. The van der Waals surface area contributed by atoms with Crippen LogP contribution in [0.5, 0.6) is 0 Å². The van der Waals surface area contributed by atoms with Crippen LogP contribution in [0.15, 0.2) is 12.2 Å². The lowest BCUT2D eigenvalue weighted by molar-refractivity contribution is -0.332. The summed E-state index contributed by atoms with van der Waals surface area (Å²) in [4.78, 5) is 25.7. The number of aliphatic hydroxyl groups excluding tert-OH is 7. The summed E-state index contributed by atoms with van der Waals surface area (Å²) >= 11 is 0. The molecule has 64 heavy (non-hydrogen) atoms. The minimum atomic E-state index is -1.76. The molecule has 2 aliphatic rings. The van der Waals surface area contributed by atoms with E-state index in [1.807, 2.05) is 0 Å². The first-order valence-corrected chi connectivity index (χ1v) is 25.3. The number of esters is 2. The predicted molar refractivity (Wildman–Crippen MR) is 243 cm³/mol. The maximum Gasteiger partial charge on any atom is 0.306 e. The van der Waals surface area contributed by atoms with Crippen LogP contribution in [0.4, 0.5) is 0 Å². The minimum Gasteiger partial charge on any atom is -0.462 e. The fraction of sp³-hybridized carbons (Fsp3) is 0.918. The van der Waals surface area contributed by atoms with Crippen LogP contribution < -0.4 is 0 Å². The number of ether oxygens (including phenoxy) is 6. The molecule has 15 heteroatoms. The number of hydrogen-bond donors (Lipinski definition) is 7. The molecule has 0 aromatic heterocycles. The van der Waals surface area contributed by atoms with Gasteiger partial charge in [0.2, 0.25) is 0 Å². The third-order valence-corrected chi connectivity index (χ3v) is 12.2. The Morgan fingerprint density at radius 1 is 0.484 bits per heavy atom. The number of allylic oxidation sites excluding steroid dienone is 2. The number of carbonyl (C=O) groups excluding carboxylic acids is 2. The van der Waals surface area contributed by atoms with E-state index < -0.39 is 92.7 Å². The van der Waals surface area contributed by atoms with Crippen molar-refractivity contribution in [3.63, 3.8) is 0 Å². The van der Waals surface area contributed by atoms with Gasteiger partial charge in [-0.1, -0.05) is 154 Å². The molecule has 11 atom stereocenters. The first-order chi connectivity index (χ1) is 31.0. The average Bonchev–Trinajstić information content (AvgIpc) is 3.29. The normalized spacial score (nSPS) is 26.6. The summed E-state index contributed by atoms with van der Waals surface area (Å²) in [6.07, 6.45) is 18.2. The SMILES string of the molecule is CCCCC/C=C/CCCCCCCC(=O)O[C@@H](COC(=O)CCCCCCCCCCCCCCCCCC)CO[C@@H]1O[C@H](CO[C@@H]2O[C@H](CO)[C@H](O)C(O)C2O)[C@H](O)C(O)C1O. The topological polar surface area (TPSA) is 231 Å². The molecule has 0 spiro atoms. The molecule has 0 amide bonds. The molecule has 0 aliphatic carbocycles. The largest absolute Gasteiger partial charge is 0.462 e. The molecule has 376 valence electrons. The Kier molecular flexibility index (Phi) is 34.0. The zero-order chi connectivity index (χ0) is 46.8. The third-order valence-electron chi connectivity index (χ3n) is 12.2. The van der Waals surface area contributed by atoms with Crippen LogP contribution in [0.2, 0.25) is 0 Å². The summed E-state index contributed by atoms with van der Waals surface area (Å²) in [6, 6.07) is 0. The van der Waals surface area contributed by atoms with E-state index in [0.717, 1.165) is 57.8 Å². The monoisotopic (exact) mass is 919 g/mol. The quantitative estimate of drug-likeness (QED) is 0.0196. The highest BCUT2D eigenvalue weighted by molar-refractivity contribution is 5.70. The van der Waals surface area contributed by atoms with Gasteiger partial charge in [-0.2, -0.15) is 0 Å². The van der Waals surface area contributed by atoms with Crippen LogP contribution in [0.25, 0.3) is 0 Å². The standard InChI is InChI=1S/C49H90O15/c1-3-5-7-9-11-13-15-17-18-19-20-22-23-25-27-29-31-40(51)59-34-37(62-41(52)32-30-28-26-24-21-16-14-12-10-8-6-4-2)35-60-48-47(58)45(56)43(54)39(64-48)36-61-49-46(57)44(55)42(53)38(33-50)63-49/h12,14,37-39,42-50,53-58H,3-11,13,15-36H2,1-2H3/b14-12+/t37-,38+,39+,42-,43-,44?,45?,46?,47?,48+,49+/m0/s1.